The summed E-state index contributed by atoms with van der Waals surface area (Å²) in [5.41, 5.74) is 0. The highest BCUT2D eigenvalue weighted by atomic mass is 15.0. The Labute approximate surface area is 88.0 Å². The van der Waals surface area contributed by atoms with Crippen molar-refractivity contribution in [3.63, 3.8) is 0 Å². The molecule has 1 heterocycles. The molecule has 0 saturated heterocycles. The zero-order chi connectivity index (χ0) is 9.97. The van der Waals surface area contributed by atoms with E-state index in [2.05, 4.69) is 31.3 Å². The van der Waals surface area contributed by atoms with Gasteiger partial charge in [-0.2, -0.15) is 0 Å². The lowest BCUT2D eigenvalue weighted by Gasteiger charge is -2.40. The highest BCUT2D eigenvalue weighted by Gasteiger charge is 2.31. The van der Waals surface area contributed by atoms with E-state index < -0.39 is 0 Å². The van der Waals surface area contributed by atoms with Crippen molar-refractivity contribution in [1.29, 1.82) is 0 Å². The fourth-order valence-electron chi connectivity index (χ4n) is 3.04. The minimum Gasteiger partial charge on any atom is -0.307 e. The summed E-state index contributed by atoms with van der Waals surface area (Å²) in [4.78, 5) is 0. The molecule has 1 saturated carbocycles. The molecule has 80 valence electrons. The van der Waals surface area contributed by atoms with Crippen LogP contribution in [0.15, 0.2) is 12.2 Å². The van der Waals surface area contributed by atoms with Crippen molar-refractivity contribution in [3.05, 3.63) is 12.2 Å². The van der Waals surface area contributed by atoms with Crippen LogP contribution in [0.2, 0.25) is 0 Å². The van der Waals surface area contributed by atoms with Gasteiger partial charge in [0.2, 0.25) is 0 Å². The predicted molar refractivity (Wildman–Crippen MR) is 61.3 cm³/mol. The van der Waals surface area contributed by atoms with E-state index in [-0.39, 0.29) is 0 Å². The Kier molecular flexibility index (Phi) is 3.27. The van der Waals surface area contributed by atoms with Crippen LogP contribution in [0.25, 0.3) is 0 Å². The topological polar surface area (TPSA) is 12.0 Å². The predicted octanol–water partition coefficient (Wildman–Crippen LogP) is 3.12. The van der Waals surface area contributed by atoms with Crippen molar-refractivity contribution in [2.24, 2.45) is 11.8 Å². The first-order valence-corrected chi connectivity index (χ1v) is 6.25. The van der Waals surface area contributed by atoms with Gasteiger partial charge in [0.05, 0.1) is 0 Å². The zero-order valence-corrected chi connectivity index (χ0v) is 9.50. The summed E-state index contributed by atoms with van der Waals surface area (Å²) in [5.74, 6) is 1.71. The Morgan fingerprint density at radius 1 is 1.29 bits per heavy atom. The van der Waals surface area contributed by atoms with Crippen molar-refractivity contribution < 1.29 is 0 Å². The van der Waals surface area contributed by atoms with Crippen molar-refractivity contribution in [3.8, 4) is 0 Å². The molecule has 1 heteroatoms. The molecule has 0 spiro atoms. The molecule has 1 N–H and O–H groups in total. The average molecular weight is 193 g/mol. The molecule has 2 rings (SSSR count). The molecular formula is C13H23N. The number of hydrogen-bond acceptors (Lipinski definition) is 1. The van der Waals surface area contributed by atoms with Crippen LogP contribution < -0.4 is 5.32 Å². The third kappa shape index (κ3) is 2.03. The highest BCUT2D eigenvalue weighted by Crippen LogP contribution is 2.33. The van der Waals surface area contributed by atoms with E-state index in [1.165, 1.54) is 32.1 Å². The van der Waals surface area contributed by atoms with Gasteiger partial charge >= 0.3 is 0 Å². The Bertz CT molecular complexity index is 209. The summed E-state index contributed by atoms with van der Waals surface area (Å²) in [6.07, 6.45) is 11.7. The van der Waals surface area contributed by atoms with E-state index in [1.54, 1.807) is 0 Å². The van der Waals surface area contributed by atoms with Gasteiger partial charge in [-0.1, -0.05) is 45.3 Å². The smallest absolute Gasteiger partial charge is 0.0252 e. The molecular weight excluding hydrogens is 170 g/mol. The van der Waals surface area contributed by atoms with Crippen molar-refractivity contribution >= 4 is 0 Å². The molecule has 1 fully saturated rings. The van der Waals surface area contributed by atoms with Gasteiger partial charge in [-0.25, -0.2) is 0 Å². The SMILES string of the molecule is CCC[C@H]1C=C[C@@H]2C(CCC[C@H]2C)N1. The molecule has 1 nitrogen and oxygen atoms in total. The summed E-state index contributed by atoms with van der Waals surface area (Å²) in [7, 11) is 0. The normalized spacial score (nSPS) is 42.1. The Morgan fingerprint density at radius 3 is 2.93 bits per heavy atom. The van der Waals surface area contributed by atoms with Gasteiger partial charge in [0.15, 0.2) is 0 Å². The number of rotatable bonds is 2. The largest absolute Gasteiger partial charge is 0.307 e. The molecule has 1 aliphatic carbocycles. The Hall–Kier alpha value is -0.300. The van der Waals surface area contributed by atoms with E-state index in [4.69, 9.17) is 0 Å². The summed E-state index contributed by atoms with van der Waals surface area (Å²) in [5, 5.41) is 3.80. The molecule has 0 aromatic rings. The summed E-state index contributed by atoms with van der Waals surface area (Å²) in [6, 6.07) is 1.44. The molecule has 0 radical (unpaired) electrons. The minimum absolute atomic E-state index is 0.659. The first-order chi connectivity index (χ1) is 6.81. The molecule has 1 aliphatic heterocycles. The molecule has 1 unspecified atom stereocenters. The molecule has 2 aliphatic rings. The van der Waals surface area contributed by atoms with Crippen LogP contribution in [0.5, 0.6) is 0 Å². The van der Waals surface area contributed by atoms with Crippen LogP contribution >= 0.6 is 0 Å². The highest BCUT2D eigenvalue weighted by molar-refractivity contribution is 5.08. The van der Waals surface area contributed by atoms with Gasteiger partial charge in [-0.3, -0.25) is 0 Å². The second kappa shape index (κ2) is 4.48. The maximum Gasteiger partial charge on any atom is 0.0252 e. The quantitative estimate of drug-likeness (QED) is 0.664. The molecule has 0 amide bonds. The second-order valence-electron chi connectivity index (χ2n) is 5.04. The third-order valence-corrected chi connectivity index (χ3v) is 3.89. The van der Waals surface area contributed by atoms with Gasteiger partial charge in [-0.05, 0) is 24.7 Å². The maximum atomic E-state index is 3.80. The van der Waals surface area contributed by atoms with Crippen molar-refractivity contribution in [1.82, 2.24) is 5.32 Å². The standard InChI is InChI=1S/C13H23N/c1-3-5-11-8-9-12-10(2)6-4-7-13(12)14-11/h8-14H,3-7H2,1-2H3/t10-,11+,12+,13?/m1/s1. The third-order valence-electron chi connectivity index (χ3n) is 3.89. The molecule has 0 bridgehead atoms. The van der Waals surface area contributed by atoms with E-state index in [0.717, 1.165) is 17.9 Å². The number of hydrogen-bond donors (Lipinski definition) is 1. The van der Waals surface area contributed by atoms with Gasteiger partial charge in [0.1, 0.15) is 0 Å². The fourth-order valence-corrected chi connectivity index (χ4v) is 3.04. The molecule has 4 atom stereocenters. The number of fused-ring (bicyclic) bond motifs is 1. The van der Waals surface area contributed by atoms with Gasteiger partial charge in [-0.15, -0.1) is 0 Å². The van der Waals surface area contributed by atoms with Crippen molar-refractivity contribution in [2.75, 3.05) is 0 Å². The maximum absolute atomic E-state index is 3.80. The minimum atomic E-state index is 0.659. The number of nitrogens with one attached hydrogen (secondary N) is 1. The average Bonchev–Trinajstić information content (AvgIpc) is 2.18. The second-order valence-corrected chi connectivity index (χ2v) is 5.04. The summed E-state index contributed by atoms with van der Waals surface area (Å²) >= 11 is 0. The Balaban J connectivity index is 2.00. The van der Waals surface area contributed by atoms with Gasteiger partial charge < -0.3 is 5.32 Å². The summed E-state index contributed by atoms with van der Waals surface area (Å²) < 4.78 is 0. The van der Waals surface area contributed by atoms with E-state index in [1.807, 2.05) is 0 Å². The lowest BCUT2D eigenvalue weighted by molar-refractivity contribution is 0.210. The molecule has 0 aromatic heterocycles. The lowest BCUT2D eigenvalue weighted by Crippen LogP contribution is -2.48. The van der Waals surface area contributed by atoms with Gasteiger partial charge in [0.25, 0.3) is 0 Å². The van der Waals surface area contributed by atoms with Crippen LogP contribution in [-0.4, -0.2) is 12.1 Å². The molecule has 0 aromatic carbocycles. The van der Waals surface area contributed by atoms with E-state index in [9.17, 15) is 0 Å². The molecule has 14 heavy (non-hydrogen) atoms. The first-order valence-electron chi connectivity index (χ1n) is 6.25. The van der Waals surface area contributed by atoms with Gasteiger partial charge in [0, 0.05) is 12.1 Å². The van der Waals surface area contributed by atoms with E-state index in [0.29, 0.717) is 6.04 Å². The monoisotopic (exact) mass is 193 g/mol. The van der Waals surface area contributed by atoms with Crippen LogP contribution in [-0.2, 0) is 0 Å². The fraction of sp³-hybridized carbons (Fsp3) is 0.846. The van der Waals surface area contributed by atoms with Crippen LogP contribution in [0.3, 0.4) is 0 Å². The lowest BCUT2D eigenvalue weighted by atomic mass is 9.74. The van der Waals surface area contributed by atoms with Crippen LogP contribution in [0, 0.1) is 11.8 Å². The first kappa shape index (κ1) is 10.2. The van der Waals surface area contributed by atoms with Crippen molar-refractivity contribution in [2.45, 2.75) is 58.0 Å². The summed E-state index contributed by atoms with van der Waals surface area (Å²) in [6.45, 7) is 4.67. The van der Waals surface area contributed by atoms with Crippen LogP contribution in [0.1, 0.15) is 46.0 Å². The zero-order valence-electron chi connectivity index (χ0n) is 9.50. The Morgan fingerprint density at radius 2 is 2.14 bits per heavy atom. The van der Waals surface area contributed by atoms with E-state index >= 15 is 0 Å². The van der Waals surface area contributed by atoms with Crippen LogP contribution in [0.4, 0.5) is 0 Å².